The number of aromatic nitrogens is 6. The summed E-state index contributed by atoms with van der Waals surface area (Å²) in [6.45, 7) is 2.10. The molecular formula is C26H25ClFN7O2. The number of aromatic amines is 1. The molecule has 0 unspecified atom stereocenters. The van der Waals surface area contributed by atoms with E-state index in [-0.39, 0.29) is 52.3 Å². The van der Waals surface area contributed by atoms with Gasteiger partial charge in [-0.3, -0.25) is 9.78 Å². The second-order valence-corrected chi connectivity index (χ2v) is 9.88. The molecule has 2 N–H and O–H groups in total. The Bertz CT molecular complexity index is 1460. The molecule has 0 aromatic carbocycles. The van der Waals surface area contributed by atoms with Crippen molar-refractivity contribution in [2.24, 2.45) is 17.8 Å². The van der Waals surface area contributed by atoms with Gasteiger partial charge in [-0.05, 0) is 56.6 Å². The lowest BCUT2D eigenvalue weighted by molar-refractivity contribution is -0.154. The van der Waals surface area contributed by atoms with Gasteiger partial charge in [-0.15, -0.1) is 0 Å². The minimum absolute atomic E-state index is 0.0156. The van der Waals surface area contributed by atoms with E-state index in [2.05, 4.69) is 35.2 Å². The topological polar surface area (TPSA) is 119 Å². The third kappa shape index (κ3) is 4.29. The van der Waals surface area contributed by atoms with Gasteiger partial charge in [0.05, 0.1) is 30.0 Å². The maximum atomic E-state index is 16.0. The lowest BCUT2D eigenvalue weighted by Gasteiger charge is -2.47. The molecule has 11 heteroatoms. The number of H-pyrrole nitrogens is 1. The van der Waals surface area contributed by atoms with Crippen LogP contribution < -0.4 is 5.32 Å². The Labute approximate surface area is 217 Å². The van der Waals surface area contributed by atoms with Gasteiger partial charge in [-0.25, -0.2) is 24.3 Å². The molecule has 0 amide bonds. The van der Waals surface area contributed by atoms with Gasteiger partial charge in [-0.1, -0.05) is 17.7 Å². The molecule has 2 atom stereocenters. The monoisotopic (exact) mass is 521 g/mol. The average Bonchev–Trinajstić information content (AvgIpc) is 3.34. The Hall–Kier alpha value is -3.66. The number of rotatable bonds is 6. The molecule has 0 saturated heterocycles. The summed E-state index contributed by atoms with van der Waals surface area (Å²) in [4.78, 5) is 38.1. The number of nitrogens with zero attached hydrogens (tertiary/aromatic N) is 5. The summed E-state index contributed by atoms with van der Waals surface area (Å²) in [6.07, 6.45) is 8.58. The van der Waals surface area contributed by atoms with Crippen molar-refractivity contribution in [1.29, 1.82) is 0 Å². The molecular weight excluding hydrogens is 497 g/mol. The smallest absolute Gasteiger partial charge is 0.311 e. The van der Waals surface area contributed by atoms with Crippen molar-refractivity contribution in [3.05, 3.63) is 47.8 Å². The highest BCUT2D eigenvalue weighted by Crippen LogP contribution is 2.47. The third-order valence-corrected chi connectivity index (χ3v) is 7.61. The number of hydrogen-bond acceptors (Lipinski definition) is 8. The minimum atomic E-state index is -0.629. The quantitative estimate of drug-likeness (QED) is 0.338. The number of carbonyl (C=O) groups excluding carboxylic acids is 1. The van der Waals surface area contributed by atoms with Crippen molar-refractivity contribution in [3.63, 3.8) is 0 Å². The van der Waals surface area contributed by atoms with Crippen LogP contribution in [-0.2, 0) is 9.53 Å². The number of fused-ring (bicyclic) bond motifs is 4. The van der Waals surface area contributed by atoms with Crippen LogP contribution in [0.2, 0.25) is 5.15 Å². The van der Waals surface area contributed by atoms with Gasteiger partial charge in [0.1, 0.15) is 16.4 Å². The largest absolute Gasteiger partial charge is 0.466 e. The first-order chi connectivity index (χ1) is 18.0. The predicted molar refractivity (Wildman–Crippen MR) is 136 cm³/mol. The average molecular weight is 522 g/mol. The highest BCUT2D eigenvalue weighted by Gasteiger charge is 2.48. The number of nitrogens with one attached hydrogen (secondary N) is 2. The summed E-state index contributed by atoms with van der Waals surface area (Å²) in [5.74, 6) is -0.560. The maximum absolute atomic E-state index is 16.0. The van der Waals surface area contributed by atoms with E-state index >= 15 is 4.39 Å². The van der Waals surface area contributed by atoms with Gasteiger partial charge >= 0.3 is 5.97 Å². The SMILES string of the molecule is CCOC(=O)[C@@H]1C2CCC(CC2)[C@H]1Nc1nc(-c2c[nH]c3ncc(Cl)nc23)nc(-c2ccccn2)c1F. The number of hydrogen-bond donors (Lipinski definition) is 2. The summed E-state index contributed by atoms with van der Waals surface area (Å²) in [6, 6.07) is 4.92. The molecule has 3 saturated carbocycles. The van der Waals surface area contributed by atoms with Crippen molar-refractivity contribution in [2.45, 2.75) is 38.6 Å². The molecule has 7 rings (SSSR count). The first-order valence-corrected chi connectivity index (χ1v) is 12.8. The summed E-state index contributed by atoms with van der Waals surface area (Å²) in [5, 5.41) is 3.53. The zero-order valence-electron chi connectivity index (χ0n) is 20.1. The van der Waals surface area contributed by atoms with Gasteiger partial charge in [0.25, 0.3) is 0 Å². The van der Waals surface area contributed by atoms with E-state index in [1.807, 2.05) is 0 Å². The minimum Gasteiger partial charge on any atom is -0.466 e. The summed E-state index contributed by atoms with van der Waals surface area (Å²) in [7, 11) is 0. The van der Waals surface area contributed by atoms with Crippen molar-refractivity contribution in [2.75, 3.05) is 11.9 Å². The Kier molecular flexibility index (Phi) is 6.19. The normalized spacial score (nSPS) is 22.8. The Morgan fingerprint density at radius 2 is 1.97 bits per heavy atom. The molecule has 4 heterocycles. The van der Waals surface area contributed by atoms with E-state index < -0.39 is 5.82 Å². The fourth-order valence-corrected chi connectivity index (χ4v) is 5.90. The Balaban J connectivity index is 1.47. The maximum Gasteiger partial charge on any atom is 0.311 e. The highest BCUT2D eigenvalue weighted by atomic mass is 35.5. The van der Waals surface area contributed by atoms with Crippen LogP contribution in [0.25, 0.3) is 33.9 Å². The Morgan fingerprint density at radius 1 is 1.16 bits per heavy atom. The van der Waals surface area contributed by atoms with Crippen LogP contribution in [0.5, 0.6) is 0 Å². The molecule has 0 aliphatic heterocycles. The molecule has 3 aliphatic rings. The van der Waals surface area contributed by atoms with E-state index in [0.29, 0.717) is 29.0 Å². The molecule has 0 spiro atoms. The highest BCUT2D eigenvalue weighted by molar-refractivity contribution is 6.29. The number of pyridine rings is 1. The van der Waals surface area contributed by atoms with Crippen LogP contribution in [0.4, 0.5) is 10.2 Å². The van der Waals surface area contributed by atoms with E-state index in [4.69, 9.17) is 16.3 Å². The summed E-state index contributed by atoms with van der Waals surface area (Å²) < 4.78 is 21.5. The first-order valence-electron chi connectivity index (χ1n) is 12.5. The molecule has 37 heavy (non-hydrogen) atoms. The van der Waals surface area contributed by atoms with Crippen LogP contribution >= 0.6 is 11.6 Å². The number of carbonyl (C=O) groups is 1. The van der Waals surface area contributed by atoms with Gasteiger partial charge in [0, 0.05) is 18.4 Å². The van der Waals surface area contributed by atoms with Crippen LogP contribution in [0, 0.1) is 23.6 Å². The lowest BCUT2D eigenvalue weighted by atomic mass is 9.61. The van der Waals surface area contributed by atoms with Crippen LogP contribution in [0.3, 0.4) is 0 Å². The molecule has 3 fully saturated rings. The van der Waals surface area contributed by atoms with Crippen LogP contribution in [0.15, 0.2) is 36.8 Å². The second-order valence-electron chi connectivity index (χ2n) is 9.49. The molecule has 9 nitrogen and oxygen atoms in total. The first kappa shape index (κ1) is 23.7. The molecule has 4 aromatic heterocycles. The van der Waals surface area contributed by atoms with Gasteiger partial charge in [0.2, 0.25) is 0 Å². The molecule has 0 radical (unpaired) electrons. The number of anilines is 1. The van der Waals surface area contributed by atoms with Crippen LogP contribution in [0.1, 0.15) is 32.6 Å². The molecule has 2 bridgehead atoms. The summed E-state index contributed by atoms with van der Waals surface area (Å²) in [5.41, 5.74) is 1.91. The van der Waals surface area contributed by atoms with Gasteiger partial charge < -0.3 is 15.0 Å². The molecule has 3 aliphatic carbocycles. The van der Waals surface area contributed by atoms with Crippen molar-refractivity contribution in [1.82, 2.24) is 29.9 Å². The van der Waals surface area contributed by atoms with E-state index in [1.54, 1.807) is 37.5 Å². The number of esters is 1. The molecule has 4 aromatic rings. The van der Waals surface area contributed by atoms with E-state index in [0.717, 1.165) is 25.7 Å². The number of ether oxygens (including phenoxy) is 1. The molecule has 190 valence electrons. The zero-order valence-corrected chi connectivity index (χ0v) is 20.9. The summed E-state index contributed by atoms with van der Waals surface area (Å²) >= 11 is 6.10. The Morgan fingerprint density at radius 3 is 2.73 bits per heavy atom. The van der Waals surface area contributed by atoms with Crippen molar-refractivity contribution in [3.8, 4) is 22.8 Å². The standard InChI is InChI=1S/C26H25ClFN7O2/c1-2-37-26(36)18-13-6-8-14(9-7-13)20(18)33-24-19(28)22(16-5-3-4-10-29-16)34-23(35-24)15-11-30-25-21(15)32-17(27)12-31-25/h3-5,10-14,18,20H,2,6-9H2,1H3,(H,30,31)(H,33,34,35)/t13?,14?,18-,20-/m1/s1. The van der Waals surface area contributed by atoms with E-state index in [1.165, 1.54) is 6.20 Å². The van der Waals surface area contributed by atoms with Crippen LogP contribution in [-0.4, -0.2) is 48.5 Å². The lowest BCUT2D eigenvalue weighted by Crippen LogP contribution is -2.52. The number of halogens is 2. The van der Waals surface area contributed by atoms with Crippen molar-refractivity contribution < 1.29 is 13.9 Å². The predicted octanol–water partition coefficient (Wildman–Crippen LogP) is 5.05. The van der Waals surface area contributed by atoms with E-state index in [9.17, 15) is 4.79 Å². The van der Waals surface area contributed by atoms with Gasteiger partial charge in [-0.2, -0.15) is 0 Å². The van der Waals surface area contributed by atoms with Crippen molar-refractivity contribution >= 4 is 34.6 Å². The second kappa shape index (κ2) is 9.66. The zero-order chi connectivity index (χ0) is 25.5. The third-order valence-electron chi connectivity index (χ3n) is 7.43. The van der Waals surface area contributed by atoms with Gasteiger partial charge in [0.15, 0.2) is 23.1 Å². The fourth-order valence-electron chi connectivity index (χ4n) is 5.77. The fraction of sp³-hybridized carbons (Fsp3) is 0.385.